The molecule has 0 radical (unpaired) electrons. The Kier molecular flexibility index (Phi) is 4.36. The average Bonchev–Trinajstić information content (AvgIpc) is 2.27. The predicted molar refractivity (Wildman–Crippen MR) is 62.4 cm³/mol. The molecule has 1 aromatic carbocycles. The first-order chi connectivity index (χ1) is 8.43. The largest absolute Gasteiger partial charge is 0.483 e. The highest BCUT2D eigenvalue weighted by Crippen LogP contribution is 2.28. The van der Waals surface area contributed by atoms with Crippen LogP contribution in [0, 0.1) is 10.1 Å². The lowest BCUT2D eigenvalue weighted by Gasteiger charge is -2.13. The molecule has 0 heterocycles. The van der Waals surface area contributed by atoms with Crippen LogP contribution in [-0.2, 0) is 4.79 Å². The van der Waals surface area contributed by atoms with E-state index in [2.05, 4.69) is 0 Å². The van der Waals surface area contributed by atoms with E-state index < -0.39 is 16.9 Å². The van der Waals surface area contributed by atoms with Crippen molar-refractivity contribution in [3.05, 3.63) is 33.9 Å². The van der Waals surface area contributed by atoms with Gasteiger partial charge in [0.25, 0.3) is 0 Å². The summed E-state index contributed by atoms with van der Waals surface area (Å²) < 4.78 is 5.26. The van der Waals surface area contributed by atoms with Crippen molar-refractivity contribution in [1.82, 2.24) is 0 Å². The van der Waals surface area contributed by atoms with Crippen LogP contribution < -0.4 is 10.5 Å². The number of carbonyl (C=O) groups excluding carboxylic acids is 2. The number of carbonyl (C=O) groups is 2. The number of nitrogens with zero attached hydrogens (tertiary/aromatic N) is 1. The Morgan fingerprint density at radius 1 is 1.61 bits per heavy atom. The molecule has 0 saturated heterocycles. The van der Waals surface area contributed by atoms with Crippen molar-refractivity contribution < 1.29 is 19.2 Å². The number of amides is 1. The fourth-order valence-corrected chi connectivity index (χ4v) is 1.39. The maximum atomic E-state index is 10.8. The van der Waals surface area contributed by atoms with Gasteiger partial charge < -0.3 is 10.5 Å². The van der Waals surface area contributed by atoms with Gasteiger partial charge in [0.2, 0.25) is 5.91 Å². The molecule has 0 spiro atoms. The number of ether oxygens (including phenoxy) is 1. The van der Waals surface area contributed by atoms with Crippen LogP contribution in [0.1, 0.15) is 23.7 Å². The third-order valence-electron chi connectivity index (χ3n) is 2.13. The molecule has 0 aliphatic carbocycles. The van der Waals surface area contributed by atoms with Gasteiger partial charge in [0.1, 0.15) is 12.4 Å². The molecule has 1 rings (SSSR count). The molecule has 18 heavy (non-hydrogen) atoms. The van der Waals surface area contributed by atoms with Crippen molar-refractivity contribution in [3.63, 3.8) is 0 Å². The molecular weight excluding hydrogens is 240 g/mol. The second-order valence-corrected chi connectivity index (χ2v) is 3.70. The Morgan fingerprint density at radius 3 is 2.78 bits per heavy atom. The number of hydrogen-bond acceptors (Lipinski definition) is 5. The van der Waals surface area contributed by atoms with Crippen LogP contribution in [0.4, 0.5) is 5.69 Å². The maximum absolute atomic E-state index is 10.8. The summed E-state index contributed by atoms with van der Waals surface area (Å²) in [5, 5.41) is 10.8. The number of aldehydes is 1. The molecule has 1 atom stereocenters. The Bertz CT molecular complexity index is 486. The van der Waals surface area contributed by atoms with Gasteiger partial charge in [0.05, 0.1) is 11.3 Å². The average molecular weight is 252 g/mol. The molecule has 1 aromatic rings. The van der Waals surface area contributed by atoms with E-state index in [-0.39, 0.29) is 23.4 Å². The van der Waals surface area contributed by atoms with Crippen LogP contribution in [0.2, 0.25) is 0 Å². The summed E-state index contributed by atoms with van der Waals surface area (Å²) in [6.45, 7) is 1.56. The highest BCUT2D eigenvalue weighted by Gasteiger charge is 2.18. The van der Waals surface area contributed by atoms with Crippen LogP contribution in [0.3, 0.4) is 0 Å². The molecule has 1 unspecified atom stereocenters. The van der Waals surface area contributed by atoms with Gasteiger partial charge in [0, 0.05) is 11.6 Å². The predicted octanol–water partition coefficient (Wildman–Crippen LogP) is 1.05. The minimum atomic E-state index is -0.624. The number of rotatable bonds is 6. The molecule has 0 bridgehead atoms. The molecule has 0 aliphatic rings. The van der Waals surface area contributed by atoms with Crippen molar-refractivity contribution in [2.75, 3.05) is 0 Å². The van der Waals surface area contributed by atoms with Gasteiger partial charge >= 0.3 is 5.69 Å². The van der Waals surface area contributed by atoms with Crippen molar-refractivity contribution in [1.29, 1.82) is 0 Å². The second-order valence-electron chi connectivity index (χ2n) is 3.70. The zero-order valence-corrected chi connectivity index (χ0v) is 9.66. The number of nitro benzene ring substituents is 1. The van der Waals surface area contributed by atoms with Crippen molar-refractivity contribution in [2.24, 2.45) is 5.73 Å². The summed E-state index contributed by atoms with van der Waals surface area (Å²) in [7, 11) is 0. The third-order valence-corrected chi connectivity index (χ3v) is 2.13. The Hall–Kier alpha value is -2.44. The monoisotopic (exact) mass is 252 g/mol. The molecule has 96 valence electrons. The van der Waals surface area contributed by atoms with Crippen LogP contribution >= 0.6 is 0 Å². The normalized spacial score (nSPS) is 11.6. The van der Waals surface area contributed by atoms with E-state index in [0.717, 1.165) is 0 Å². The summed E-state index contributed by atoms with van der Waals surface area (Å²) in [5.74, 6) is -0.630. The molecule has 0 aliphatic heterocycles. The van der Waals surface area contributed by atoms with E-state index in [1.54, 1.807) is 6.92 Å². The van der Waals surface area contributed by atoms with Crippen LogP contribution in [0.5, 0.6) is 5.75 Å². The van der Waals surface area contributed by atoms with Gasteiger partial charge in [-0.15, -0.1) is 0 Å². The zero-order valence-electron chi connectivity index (χ0n) is 9.66. The number of benzene rings is 1. The summed E-state index contributed by atoms with van der Waals surface area (Å²) in [5.41, 5.74) is 4.98. The van der Waals surface area contributed by atoms with Crippen LogP contribution in [-0.4, -0.2) is 23.2 Å². The van der Waals surface area contributed by atoms with Gasteiger partial charge in [-0.05, 0) is 19.1 Å². The van der Waals surface area contributed by atoms with Gasteiger partial charge in [-0.25, -0.2) is 0 Å². The topological polar surface area (TPSA) is 113 Å². The number of nitrogens with two attached hydrogens (primary N) is 1. The van der Waals surface area contributed by atoms with E-state index in [0.29, 0.717) is 6.29 Å². The van der Waals surface area contributed by atoms with E-state index in [1.165, 1.54) is 18.2 Å². The minimum Gasteiger partial charge on any atom is -0.483 e. The van der Waals surface area contributed by atoms with Gasteiger partial charge in [0.15, 0.2) is 5.75 Å². The van der Waals surface area contributed by atoms with Crippen LogP contribution in [0.15, 0.2) is 18.2 Å². The fourth-order valence-electron chi connectivity index (χ4n) is 1.39. The van der Waals surface area contributed by atoms with Gasteiger partial charge in [-0.3, -0.25) is 19.7 Å². The number of primary amides is 1. The quantitative estimate of drug-likeness (QED) is 0.462. The highest BCUT2D eigenvalue weighted by molar-refractivity contribution is 5.77. The van der Waals surface area contributed by atoms with E-state index in [1.807, 2.05) is 0 Å². The van der Waals surface area contributed by atoms with E-state index in [9.17, 15) is 19.7 Å². The molecular formula is C11H12N2O5. The van der Waals surface area contributed by atoms with E-state index >= 15 is 0 Å². The highest BCUT2D eigenvalue weighted by atomic mass is 16.6. The van der Waals surface area contributed by atoms with Gasteiger partial charge in [-0.2, -0.15) is 0 Å². The molecule has 7 heteroatoms. The first-order valence-corrected chi connectivity index (χ1v) is 5.12. The third kappa shape index (κ3) is 3.55. The summed E-state index contributed by atoms with van der Waals surface area (Å²) in [6.07, 6.45) is -0.124. The summed E-state index contributed by atoms with van der Waals surface area (Å²) in [4.78, 5) is 31.4. The lowest BCUT2D eigenvalue weighted by Crippen LogP contribution is -2.22. The maximum Gasteiger partial charge on any atom is 0.310 e. The molecule has 0 fully saturated rings. The molecule has 2 N–H and O–H groups in total. The first kappa shape index (κ1) is 13.6. The zero-order chi connectivity index (χ0) is 13.7. The Balaban J connectivity index is 3.00. The Labute approximate surface area is 103 Å². The van der Waals surface area contributed by atoms with Crippen molar-refractivity contribution in [3.8, 4) is 5.75 Å². The van der Waals surface area contributed by atoms with Crippen LogP contribution in [0.25, 0.3) is 0 Å². The smallest absolute Gasteiger partial charge is 0.310 e. The fraction of sp³-hybridized carbons (Fsp3) is 0.273. The molecule has 1 amide bonds. The molecule has 0 aromatic heterocycles. The Morgan fingerprint density at radius 2 is 2.28 bits per heavy atom. The van der Waals surface area contributed by atoms with Crippen molar-refractivity contribution in [2.45, 2.75) is 19.4 Å². The lowest BCUT2D eigenvalue weighted by atomic mass is 10.2. The summed E-state index contributed by atoms with van der Waals surface area (Å²) in [6, 6.07) is 3.75. The minimum absolute atomic E-state index is 0.0571. The first-order valence-electron chi connectivity index (χ1n) is 5.12. The SMILES string of the molecule is CC(CC(N)=O)Oc1cc(C=O)ccc1[N+](=O)[O-]. The van der Waals surface area contributed by atoms with E-state index in [4.69, 9.17) is 10.5 Å². The molecule has 0 saturated carbocycles. The summed E-state index contributed by atoms with van der Waals surface area (Å²) >= 11 is 0. The second kappa shape index (κ2) is 5.76. The van der Waals surface area contributed by atoms with Crippen molar-refractivity contribution >= 4 is 17.9 Å². The number of nitro groups is 1. The van der Waals surface area contributed by atoms with Gasteiger partial charge in [-0.1, -0.05) is 0 Å². The standard InChI is InChI=1S/C11H12N2O5/c1-7(4-11(12)15)18-10-5-8(6-14)2-3-9(10)13(16)17/h2-3,5-7H,4H2,1H3,(H2,12,15). The number of hydrogen-bond donors (Lipinski definition) is 1. The molecule has 7 nitrogen and oxygen atoms in total. The lowest BCUT2D eigenvalue weighted by molar-refractivity contribution is -0.386.